The van der Waals surface area contributed by atoms with E-state index in [4.69, 9.17) is 9.72 Å². The number of carbonyl (C=O) groups is 2. The number of rotatable bonds is 9. The van der Waals surface area contributed by atoms with Gasteiger partial charge in [0.2, 0.25) is 0 Å². The summed E-state index contributed by atoms with van der Waals surface area (Å²) >= 11 is 0. The lowest BCUT2D eigenvalue weighted by Crippen LogP contribution is -2.40. The summed E-state index contributed by atoms with van der Waals surface area (Å²) in [7, 11) is -3.44. The molecule has 0 aliphatic heterocycles. The predicted molar refractivity (Wildman–Crippen MR) is 190 cm³/mol. The number of aromatic nitrogens is 2. The molecule has 10 heteroatoms. The summed E-state index contributed by atoms with van der Waals surface area (Å²) in [5.74, 6) is 0.229. The van der Waals surface area contributed by atoms with Crippen LogP contribution >= 0.6 is 0 Å². The molecule has 1 unspecified atom stereocenters. The van der Waals surface area contributed by atoms with E-state index in [1.807, 2.05) is 18.2 Å². The molecule has 0 fully saturated rings. The van der Waals surface area contributed by atoms with Gasteiger partial charge in [-0.15, -0.1) is 0 Å². The number of imidazole rings is 1. The number of carbonyl (C=O) groups excluding carboxylic acids is 2. The summed E-state index contributed by atoms with van der Waals surface area (Å²) < 4.78 is 32.4. The van der Waals surface area contributed by atoms with E-state index in [2.05, 4.69) is 72.4 Å². The summed E-state index contributed by atoms with van der Waals surface area (Å²) in [6.45, 7) is 13.0. The first kappa shape index (κ1) is 34.4. The van der Waals surface area contributed by atoms with E-state index in [0.29, 0.717) is 11.3 Å². The Labute approximate surface area is 282 Å². The van der Waals surface area contributed by atoms with Crippen LogP contribution in [-0.4, -0.2) is 41.3 Å². The molecule has 9 nitrogen and oxygen atoms in total. The van der Waals surface area contributed by atoms with Crippen LogP contribution < -0.4 is 10.6 Å². The zero-order chi connectivity index (χ0) is 34.8. The molecule has 0 bridgehead atoms. The fourth-order valence-electron chi connectivity index (χ4n) is 5.47. The minimum atomic E-state index is -3.44. The van der Waals surface area contributed by atoms with Crippen molar-refractivity contribution in [3.63, 3.8) is 0 Å². The molecule has 0 saturated carbocycles. The number of aryl methyl sites for hydroxylation is 2. The van der Waals surface area contributed by atoms with Gasteiger partial charge >= 0.3 is 6.09 Å². The minimum absolute atomic E-state index is 0.00479. The Morgan fingerprint density at radius 3 is 2.06 bits per heavy atom. The Balaban J connectivity index is 1.45. The number of alkyl carbamates (subject to hydrolysis) is 1. The number of ether oxygens (including phenoxy) is 1. The van der Waals surface area contributed by atoms with Crippen molar-refractivity contribution in [2.24, 2.45) is 0 Å². The van der Waals surface area contributed by atoms with Gasteiger partial charge in [0, 0.05) is 11.3 Å². The number of hydrogen-bond acceptors (Lipinski definition) is 6. The molecule has 0 saturated heterocycles. The standard InChI is InChI=1S/C38H42N4O5S/c1-8-48(45,46)31-20-16-28(17-21-31)34(41-37(44)47-38(5,6)7)36(43)39-30-18-14-29(15-19-30)35-40-32-22-11-25(3)23-33(32)42(35)26(4)27-12-9-24(2)10-13-27/h9-23,26,34H,8H2,1-7H3,(H,39,43)(H,41,44)/t26-,34?/m0/s1. The third-order valence-corrected chi connectivity index (χ3v) is 9.83. The van der Waals surface area contributed by atoms with Gasteiger partial charge in [-0.05, 0) is 107 Å². The lowest BCUT2D eigenvalue weighted by atomic mass is 10.0. The van der Waals surface area contributed by atoms with Crippen molar-refractivity contribution in [1.82, 2.24) is 14.9 Å². The molecule has 2 atom stereocenters. The smallest absolute Gasteiger partial charge is 0.408 e. The van der Waals surface area contributed by atoms with Gasteiger partial charge < -0.3 is 19.9 Å². The molecule has 0 aliphatic rings. The van der Waals surface area contributed by atoms with Crippen LogP contribution in [0.2, 0.25) is 0 Å². The maximum Gasteiger partial charge on any atom is 0.408 e. The topological polar surface area (TPSA) is 119 Å². The van der Waals surface area contributed by atoms with Crippen LogP contribution in [0.5, 0.6) is 0 Å². The van der Waals surface area contributed by atoms with E-state index < -0.39 is 33.5 Å². The number of anilines is 1. The molecular weight excluding hydrogens is 625 g/mol. The Hall–Kier alpha value is -4.96. The molecule has 0 spiro atoms. The largest absolute Gasteiger partial charge is 0.444 e. The minimum Gasteiger partial charge on any atom is -0.444 e. The van der Waals surface area contributed by atoms with Gasteiger partial charge in [-0.2, -0.15) is 0 Å². The fourth-order valence-corrected chi connectivity index (χ4v) is 6.35. The van der Waals surface area contributed by atoms with Crippen LogP contribution in [0.3, 0.4) is 0 Å². The highest BCUT2D eigenvalue weighted by atomic mass is 32.2. The highest BCUT2D eigenvalue weighted by Gasteiger charge is 2.27. The molecule has 0 aliphatic carbocycles. The van der Waals surface area contributed by atoms with Gasteiger partial charge in [0.25, 0.3) is 5.91 Å². The van der Waals surface area contributed by atoms with E-state index in [1.54, 1.807) is 39.8 Å². The van der Waals surface area contributed by atoms with Crippen LogP contribution in [0.25, 0.3) is 22.4 Å². The zero-order valence-corrected chi connectivity index (χ0v) is 29.2. The van der Waals surface area contributed by atoms with Crippen molar-refractivity contribution in [3.05, 3.63) is 113 Å². The highest BCUT2D eigenvalue weighted by Crippen LogP contribution is 2.33. The first-order valence-electron chi connectivity index (χ1n) is 15.9. The average Bonchev–Trinajstić information content (AvgIpc) is 3.41. The maximum absolute atomic E-state index is 13.7. The SMILES string of the molecule is CCS(=O)(=O)c1ccc(C(NC(=O)OC(C)(C)C)C(=O)Nc2ccc(-c3nc4ccc(C)cc4n3[C@@H](C)c3ccc(C)cc3)cc2)cc1. The van der Waals surface area contributed by atoms with Crippen LogP contribution in [0.4, 0.5) is 10.5 Å². The number of hydrogen-bond donors (Lipinski definition) is 2. The number of sulfone groups is 1. The second-order valence-electron chi connectivity index (χ2n) is 13.0. The molecule has 48 heavy (non-hydrogen) atoms. The summed E-state index contributed by atoms with van der Waals surface area (Å²) in [6.07, 6.45) is -0.778. The Kier molecular flexibility index (Phi) is 9.77. The monoisotopic (exact) mass is 666 g/mol. The zero-order valence-electron chi connectivity index (χ0n) is 28.4. The van der Waals surface area contributed by atoms with E-state index in [0.717, 1.165) is 33.5 Å². The van der Waals surface area contributed by atoms with Crippen molar-refractivity contribution in [2.75, 3.05) is 11.1 Å². The number of benzene rings is 4. The third-order valence-electron chi connectivity index (χ3n) is 8.08. The summed E-state index contributed by atoms with van der Waals surface area (Å²) in [5, 5.41) is 5.53. The molecule has 250 valence electrons. The van der Waals surface area contributed by atoms with E-state index in [1.165, 1.54) is 29.8 Å². The van der Waals surface area contributed by atoms with Crippen molar-refractivity contribution in [3.8, 4) is 11.4 Å². The Morgan fingerprint density at radius 1 is 0.854 bits per heavy atom. The van der Waals surface area contributed by atoms with Gasteiger partial charge in [0.15, 0.2) is 9.84 Å². The summed E-state index contributed by atoms with van der Waals surface area (Å²) in [6, 6.07) is 26.9. The van der Waals surface area contributed by atoms with E-state index in [9.17, 15) is 18.0 Å². The number of fused-ring (bicyclic) bond motifs is 1. The van der Waals surface area contributed by atoms with Gasteiger partial charge in [0.05, 0.1) is 27.7 Å². The third kappa shape index (κ3) is 7.77. The molecule has 2 N–H and O–H groups in total. The first-order chi connectivity index (χ1) is 22.6. The Bertz CT molecular complexity index is 2040. The fraction of sp³-hybridized carbons (Fsp3) is 0.289. The second kappa shape index (κ2) is 13.6. The van der Waals surface area contributed by atoms with Crippen molar-refractivity contribution < 1.29 is 22.7 Å². The second-order valence-corrected chi connectivity index (χ2v) is 15.3. The first-order valence-corrected chi connectivity index (χ1v) is 17.6. The summed E-state index contributed by atoms with van der Waals surface area (Å²) in [5.41, 5.74) is 6.42. The molecule has 2 amide bonds. The average molecular weight is 667 g/mol. The van der Waals surface area contributed by atoms with Gasteiger partial charge in [-0.25, -0.2) is 18.2 Å². The molecule has 1 aromatic heterocycles. The van der Waals surface area contributed by atoms with Crippen LogP contribution in [0.15, 0.2) is 95.9 Å². The number of nitrogens with one attached hydrogen (secondary N) is 2. The van der Waals surface area contributed by atoms with Gasteiger partial charge in [0.1, 0.15) is 17.5 Å². The van der Waals surface area contributed by atoms with E-state index in [-0.39, 0.29) is 16.7 Å². The van der Waals surface area contributed by atoms with Gasteiger partial charge in [-0.1, -0.05) is 55.0 Å². The van der Waals surface area contributed by atoms with Crippen molar-refractivity contribution in [2.45, 2.75) is 71.0 Å². The molecular formula is C38H42N4O5S. The van der Waals surface area contributed by atoms with Crippen LogP contribution in [0.1, 0.15) is 69.0 Å². The van der Waals surface area contributed by atoms with Crippen LogP contribution in [-0.2, 0) is 19.4 Å². The molecule has 4 aromatic carbocycles. The molecule has 1 heterocycles. The number of nitrogens with zero attached hydrogens (tertiary/aromatic N) is 2. The molecule has 0 radical (unpaired) electrons. The normalized spacial score (nSPS) is 13.1. The van der Waals surface area contributed by atoms with E-state index >= 15 is 0 Å². The molecule has 5 aromatic rings. The van der Waals surface area contributed by atoms with Crippen LogP contribution in [0, 0.1) is 13.8 Å². The lowest BCUT2D eigenvalue weighted by molar-refractivity contribution is -0.118. The predicted octanol–water partition coefficient (Wildman–Crippen LogP) is 7.93. The van der Waals surface area contributed by atoms with Gasteiger partial charge in [-0.3, -0.25) is 4.79 Å². The quantitative estimate of drug-likeness (QED) is 0.165. The highest BCUT2D eigenvalue weighted by molar-refractivity contribution is 7.91. The lowest BCUT2D eigenvalue weighted by Gasteiger charge is -2.24. The number of amides is 2. The van der Waals surface area contributed by atoms with Crippen molar-refractivity contribution >= 4 is 38.6 Å². The summed E-state index contributed by atoms with van der Waals surface area (Å²) in [4.78, 5) is 31.6. The Morgan fingerprint density at radius 2 is 1.46 bits per heavy atom. The molecule has 5 rings (SSSR count). The maximum atomic E-state index is 13.7. The van der Waals surface area contributed by atoms with Crippen molar-refractivity contribution in [1.29, 1.82) is 0 Å².